The topological polar surface area (TPSA) is 63.2 Å². The van der Waals surface area contributed by atoms with Gasteiger partial charge in [-0.3, -0.25) is 5.32 Å². The quantitative estimate of drug-likeness (QED) is 0.903. The first-order chi connectivity index (χ1) is 9.17. The van der Waals surface area contributed by atoms with E-state index in [0.717, 1.165) is 17.0 Å². The fourth-order valence-electron chi connectivity index (χ4n) is 1.52. The van der Waals surface area contributed by atoms with Crippen molar-refractivity contribution < 1.29 is 9.53 Å². The number of hydrogen-bond acceptors (Lipinski definition) is 4. The molecule has 0 aliphatic rings. The summed E-state index contributed by atoms with van der Waals surface area (Å²) in [6.45, 7) is 2.32. The fourth-order valence-corrected chi connectivity index (χ4v) is 2.20. The van der Waals surface area contributed by atoms with Gasteiger partial charge in [0.15, 0.2) is 5.13 Å². The van der Waals surface area contributed by atoms with Crippen LogP contribution in [0.2, 0.25) is 0 Å². The minimum absolute atomic E-state index is 0.267. The first-order valence-corrected chi connectivity index (χ1v) is 6.65. The van der Waals surface area contributed by atoms with E-state index in [2.05, 4.69) is 15.6 Å². The number of rotatable bonds is 4. The second kappa shape index (κ2) is 6.19. The minimum Gasteiger partial charge on any atom is -0.497 e. The van der Waals surface area contributed by atoms with Crippen LogP contribution in [-0.4, -0.2) is 18.1 Å². The smallest absolute Gasteiger partial charge is 0.321 e. The van der Waals surface area contributed by atoms with Gasteiger partial charge in [0.05, 0.1) is 12.8 Å². The van der Waals surface area contributed by atoms with E-state index in [0.29, 0.717) is 11.7 Å². The molecule has 0 fully saturated rings. The Balaban J connectivity index is 1.86. The first-order valence-electron chi connectivity index (χ1n) is 5.77. The second-order valence-corrected chi connectivity index (χ2v) is 4.81. The van der Waals surface area contributed by atoms with Crippen molar-refractivity contribution in [2.45, 2.75) is 13.5 Å². The normalized spacial score (nSPS) is 10.0. The van der Waals surface area contributed by atoms with Crippen LogP contribution in [0.15, 0.2) is 29.6 Å². The van der Waals surface area contributed by atoms with Crippen LogP contribution in [0.3, 0.4) is 0 Å². The molecule has 0 spiro atoms. The van der Waals surface area contributed by atoms with E-state index >= 15 is 0 Å². The van der Waals surface area contributed by atoms with Crippen molar-refractivity contribution in [1.82, 2.24) is 10.3 Å². The molecule has 2 amide bonds. The van der Waals surface area contributed by atoms with Crippen molar-refractivity contribution in [2.24, 2.45) is 0 Å². The lowest BCUT2D eigenvalue weighted by atomic mass is 10.2. The number of thiazole rings is 1. The summed E-state index contributed by atoms with van der Waals surface area (Å²) in [7, 11) is 1.62. The summed E-state index contributed by atoms with van der Waals surface area (Å²) < 4.78 is 5.12. The SMILES string of the molecule is COc1cccc(CNC(=O)Nc2nc(C)cs2)c1. The molecule has 1 aromatic carbocycles. The number of carbonyl (C=O) groups excluding carboxylic acids is 1. The molecule has 0 saturated heterocycles. The molecule has 100 valence electrons. The van der Waals surface area contributed by atoms with E-state index < -0.39 is 0 Å². The highest BCUT2D eigenvalue weighted by Crippen LogP contribution is 2.14. The third kappa shape index (κ3) is 3.96. The number of urea groups is 1. The van der Waals surface area contributed by atoms with Gasteiger partial charge in [-0.2, -0.15) is 0 Å². The van der Waals surface area contributed by atoms with Gasteiger partial charge in [-0.25, -0.2) is 9.78 Å². The lowest BCUT2D eigenvalue weighted by Gasteiger charge is -2.07. The van der Waals surface area contributed by atoms with E-state index in [9.17, 15) is 4.79 Å². The average Bonchev–Trinajstić information content (AvgIpc) is 2.82. The molecule has 19 heavy (non-hydrogen) atoms. The molecular weight excluding hydrogens is 262 g/mol. The Bertz CT molecular complexity index is 569. The van der Waals surface area contributed by atoms with Crippen molar-refractivity contribution in [1.29, 1.82) is 0 Å². The third-order valence-electron chi connectivity index (χ3n) is 2.43. The van der Waals surface area contributed by atoms with Crippen LogP contribution in [0.1, 0.15) is 11.3 Å². The zero-order valence-electron chi connectivity index (χ0n) is 10.8. The van der Waals surface area contributed by atoms with Crippen LogP contribution < -0.4 is 15.4 Å². The summed E-state index contributed by atoms with van der Waals surface area (Å²) in [6, 6.07) is 7.29. The zero-order chi connectivity index (χ0) is 13.7. The van der Waals surface area contributed by atoms with Gasteiger partial charge < -0.3 is 10.1 Å². The van der Waals surface area contributed by atoms with Gasteiger partial charge in [-0.15, -0.1) is 11.3 Å². The monoisotopic (exact) mass is 277 g/mol. The molecule has 2 aromatic rings. The largest absolute Gasteiger partial charge is 0.497 e. The number of nitrogens with zero attached hydrogens (tertiary/aromatic N) is 1. The van der Waals surface area contributed by atoms with Crippen LogP contribution in [0.5, 0.6) is 5.75 Å². The summed E-state index contributed by atoms with van der Waals surface area (Å²) >= 11 is 1.40. The van der Waals surface area contributed by atoms with Gasteiger partial charge in [0.2, 0.25) is 0 Å². The third-order valence-corrected chi connectivity index (χ3v) is 3.30. The van der Waals surface area contributed by atoms with Gasteiger partial charge in [0.25, 0.3) is 0 Å². The number of hydrogen-bond donors (Lipinski definition) is 2. The summed E-state index contributed by atoms with van der Waals surface area (Å²) in [4.78, 5) is 15.8. The number of methoxy groups -OCH3 is 1. The molecule has 0 bridgehead atoms. The van der Waals surface area contributed by atoms with Gasteiger partial charge in [-0.05, 0) is 24.6 Å². The van der Waals surface area contributed by atoms with Crippen molar-refractivity contribution in [3.63, 3.8) is 0 Å². The Labute approximate surface area is 115 Å². The maximum absolute atomic E-state index is 11.7. The predicted molar refractivity (Wildman–Crippen MR) is 75.7 cm³/mol. The van der Waals surface area contributed by atoms with Gasteiger partial charge in [0, 0.05) is 11.9 Å². The molecule has 0 unspecified atom stereocenters. The van der Waals surface area contributed by atoms with E-state index in [-0.39, 0.29) is 6.03 Å². The Morgan fingerprint density at radius 1 is 1.47 bits per heavy atom. The lowest BCUT2D eigenvalue weighted by Crippen LogP contribution is -2.28. The van der Waals surface area contributed by atoms with E-state index in [4.69, 9.17) is 4.74 Å². The maximum atomic E-state index is 11.7. The van der Waals surface area contributed by atoms with E-state index in [1.807, 2.05) is 36.6 Å². The second-order valence-electron chi connectivity index (χ2n) is 3.95. The Morgan fingerprint density at radius 2 is 2.32 bits per heavy atom. The number of benzene rings is 1. The van der Waals surface area contributed by atoms with Crippen molar-refractivity contribution in [3.05, 3.63) is 40.9 Å². The predicted octanol–water partition coefficient (Wildman–Crippen LogP) is 2.78. The number of ether oxygens (including phenoxy) is 1. The molecule has 2 rings (SSSR count). The summed E-state index contributed by atoms with van der Waals surface area (Å²) in [5.41, 5.74) is 1.87. The number of aryl methyl sites for hydroxylation is 1. The van der Waals surface area contributed by atoms with Crippen LogP contribution in [0.4, 0.5) is 9.93 Å². The average molecular weight is 277 g/mol. The lowest BCUT2D eigenvalue weighted by molar-refractivity contribution is 0.251. The Morgan fingerprint density at radius 3 is 3.00 bits per heavy atom. The number of amides is 2. The minimum atomic E-state index is -0.267. The molecule has 1 heterocycles. The number of aromatic nitrogens is 1. The highest BCUT2D eigenvalue weighted by molar-refractivity contribution is 7.13. The Kier molecular flexibility index (Phi) is 4.35. The zero-order valence-corrected chi connectivity index (χ0v) is 11.6. The molecule has 0 atom stereocenters. The van der Waals surface area contributed by atoms with Gasteiger partial charge >= 0.3 is 6.03 Å². The standard InChI is InChI=1S/C13H15N3O2S/c1-9-8-19-13(15-9)16-12(17)14-7-10-4-3-5-11(6-10)18-2/h3-6,8H,7H2,1-2H3,(H2,14,15,16,17). The van der Waals surface area contributed by atoms with E-state index in [1.54, 1.807) is 7.11 Å². The van der Waals surface area contributed by atoms with E-state index in [1.165, 1.54) is 11.3 Å². The van der Waals surface area contributed by atoms with Crippen molar-refractivity contribution >= 4 is 22.5 Å². The molecule has 0 radical (unpaired) electrons. The molecule has 6 heteroatoms. The highest BCUT2D eigenvalue weighted by atomic mass is 32.1. The summed E-state index contributed by atoms with van der Waals surface area (Å²) in [5.74, 6) is 0.773. The summed E-state index contributed by atoms with van der Waals surface area (Å²) in [5, 5.41) is 7.94. The van der Waals surface area contributed by atoms with Crippen LogP contribution in [0, 0.1) is 6.92 Å². The number of nitrogens with one attached hydrogen (secondary N) is 2. The highest BCUT2D eigenvalue weighted by Gasteiger charge is 2.04. The van der Waals surface area contributed by atoms with Crippen molar-refractivity contribution in [2.75, 3.05) is 12.4 Å². The molecule has 2 N–H and O–H groups in total. The first kappa shape index (κ1) is 13.4. The summed E-state index contributed by atoms with van der Waals surface area (Å²) in [6.07, 6.45) is 0. The number of anilines is 1. The van der Waals surface area contributed by atoms with Crippen LogP contribution in [-0.2, 0) is 6.54 Å². The van der Waals surface area contributed by atoms with Crippen LogP contribution >= 0.6 is 11.3 Å². The molecule has 0 aliphatic carbocycles. The Hall–Kier alpha value is -2.08. The maximum Gasteiger partial charge on any atom is 0.321 e. The molecular formula is C13H15N3O2S. The molecule has 0 saturated carbocycles. The van der Waals surface area contributed by atoms with Crippen LogP contribution in [0.25, 0.3) is 0 Å². The molecule has 0 aliphatic heterocycles. The fraction of sp³-hybridized carbons (Fsp3) is 0.231. The molecule has 1 aromatic heterocycles. The van der Waals surface area contributed by atoms with Gasteiger partial charge in [0.1, 0.15) is 5.75 Å². The number of carbonyl (C=O) groups is 1. The van der Waals surface area contributed by atoms with Crippen molar-refractivity contribution in [3.8, 4) is 5.75 Å². The van der Waals surface area contributed by atoms with Gasteiger partial charge in [-0.1, -0.05) is 12.1 Å². The molecule has 5 nitrogen and oxygen atoms in total.